The Morgan fingerprint density at radius 2 is 1.64 bits per heavy atom. The van der Waals surface area contributed by atoms with E-state index in [1.165, 1.54) is 12.1 Å². The molecule has 0 aromatic heterocycles. The topological polar surface area (TPSA) is 86.5 Å². The summed E-state index contributed by atoms with van der Waals surface area (Å²) in [7, 11) is 0. The van der Waals surface area contributed by atoms with E-state index in [1.54, 1.807) is 18.2 Å². The number of ether oxygens (including phenoxy) is 1. The zero-order chi connectivity index (χ0) is 10.6. The van der Waals surface area contributed by atoms with Gasteiger partial charge in [0.2, 0.25) is 0 Å². The van der Waals surface area contributed by atoms with E-state index in [4.69, 9.17) is 0 Å². The van der Waals surface area contributed by atoms with Crippen LogP contribution in [0.15, 0.2) is 30.3 Å². The molecule has 0 saturated carbocycles. The average molecular weight is 193 g/mol. The van der Waals surface area contributed by atoms with Gasteiger partial charge in [-0.15, -0.1) is 0 Å². The fourth-order valence-electron chi connectivity index (χ4n) is 0.768. The molecule has 0 heterocycles. The molecule has 0 fully saturated rings. The lowest BCUT2D eigenvalue weighted by atomic mass is 10.2. The van der Waals surface area contributed by atoms with Gasteiger partial charge in [0.25, 0.3) is 0 Å². The van der Waals surface area contributed by atoms with Crippen LogP contribution in [0.2, 0.25) is 0 Å². The first kappa shape index (κ1) is 9.91. The van der Waals surface area contributed by atoms with E-state index in [9.17, 15) is 14.4 Å². The average Bonchev–Trinajstić information content (AvgIpc) is 2.19. The number of esters is 2. The summed E-state index contributed by atoms with van der Waals surface area (Å²) >= 11 is 0. The lowest BCUT2D eigenvalue weighted by Crippen LogP contribution is -2.27. The summed E-state index contributed by atoms with van der Waals surface area (Å²) in [5.74, 6) is -3.55. The Bertz CT molecular complexity index is 372. The van der Waals surface area contributed by atoms with Crippen LogP contribution >= 0.6 is 0 Å². The minimum Gasteiger partial charge on any atom is -0.382 e. The molecular formula is C9H7NO4. The lowest BCUT2D eigenvalue weighted by molar-refractivity contribution is -0.149. The van der Waals surface area contributed by atoms with Crippen molar-refractivity contribution in [3.63, 3.8) is 0 Å². The van der Waals surface area contributed by atoms with Crippen LogP contribution in [-0.4, -0.2) is 17.8 Å². The molecule has 1 aromatic carbocycles. The molecule has 72 valence electrons. The maximum Gasteiger partial charge on any atom is 0.404 e. The smallest absolute Gasteiger partial charge is 0.382 e. The van der Waals surface area contributed by atoms with Gasteiger partial charge in [0.15, 0.2) is 0 Å². The molecule has 1 amide bonds. The summed E-state index contributed by atoms with van der Waals surface area (Å²) < 4.78 is 4.15. The number of carbonyl (C=O) groups is 3. The van der Waals surface area contributed by atoms with Gasteiger partial charge in [-0.2, -0.15) is 0 Å². The molecule has 0 unspecified atom stereocenters. The van der Waals surface area contributed by atoms with Crippen molar-refractivity contribution < 1.29 is 19.1 Å². The third kappa shape index (κ3) is 2.41. The van der Waals surface area contributed by atoms with Gasteiger partial charge in [-0.25, -0.2) is 9.59 Å². The summed E-state index contributed by atoms with van der Waals surface area (Å²) in [6, 6.07) is 7.82. The number of hydrogen-bond donors (Lipinski definition) is 1. The molecule has 0 aliphatic rings. The summed E-state index contributed by atoms with van der Waals surface area (Å²) in [5.41, 5.74) is 4.78. The number of nitrogens with two attached hydrogens (primary N) is 1. The van der Waals surface area contributed by atoms with E-state index < -0.39 is 17.8 Å². The fourth-order valence-corrected chi connectivity index (χ4v) is 0.768. The molecule has 0 aliphatic carbocycles. The van der Waals surface area contributed by atoms with Gasteiger partial charge < -0.3 is 10.5 Å². The number of benzene rings is 1. The Morgan fingerprint density at radius 3 is 2.14 bits per heavy atom. The fraction of sp³-hybridized carbons (Fsp3) is 0. The van der Waals surface area contributed by atoms with Crippen LogP contribution in [0.4, 0.5) is 0 Å². The summed E-state index contributed by atoms with van der Waals surface area (Å²) in [4.78, 5) is 32.0. The molecule has 0 saturated heterocycles. The van der Waals surface area contributed by atoms with Crippen LogP contribution < -0.4 is 5.73 Å². The van der Waals surface area contributed by atoms with Gasteiger partial charge >= 0.3 is 17.8 Å². The number of hydrogen-bond acceptors (Lipinski definition) is 4. The summed E-state index contributed by atoms with van der Waals surface area (Å²) in [6.07, 6.45) is 0. The first-order valence-corrected chi connectivity index (χ1v) is 3.72. The number of amides is 1. The molecule has 0 atom stereocenters. The zero-order valence-electron chi connectivity index (χ0n) is 7.10. The molecular weight excluding hydrogens is 186 g/mol. The zero-order valence-corrected chi connectivity index (χ0v) is 7.10. The van der Waals surface area contributed by atoms with Gasteiger partial charge in [-0.05, 0) is 12.1 Å². The standard InChI is InChI=1S/C9H7NO4/c10-7(11)9(13)14-8(12)6-4-2-1-3-5-6/h1-5H,(H2,10,11). The lowest BCUT2D eigenvalue weighted by Gasteiger charge is -1.98. The van der Waals surface area contributed by atoms with E-state index in [0.717, 1.165) is 0 Å². The van der Waals surface area contributed by atoms with Crippen molar-refractivity contribution in [2.75, 3.05) is 0 Å². The van der Waals surface area contributed by atoms with Gasteiger partial charge in [0.05, 0.1) is 5.56 Å². The second-order valence-electron chi connectivity index (χ2n) is 2.41. The molecule has 0 spiro atoms. The van der Waals surface area contributed by atoms with Gasteiger partial charge in [-0.1, -0.05) is 18.2 Å². The highest BCUT2D eigenvalue weighted by Crippen LogP contribution is 2.00. The summed E-state index contributed by atoms with van der Waals surface area (Å²) in [5, 5.41) is 0. The Morgan fingerprint density at radius 1 is 1.07 bits per heavy atom. The molecule has 0 bridgehead atoms. The molecule has 1 aromatic rings. The highest BCUT2D eigenvalue weighted by molar-refractivity contribution is 6.34. The van der Waals surface area contributed by atoms with Crippen LogP contribution in [-0.2, 0) is 14.3 Å². The van der Waals surface area contributed by atoms with Crippen molar-refractivity contribution in [1.29, 1.82) is 0 Å². The predicted molar refractivity (Wildman–Crippen MR) is 46.1 cm³/mol. The van der Waals surface area contributed by atoms with Crippen molar-refractivity contribution in [2.24, 2.45) is 5.73 Å². The summed E-state index contributed by atoms with van der Waals surface area (Å²) in [6.45, 7) is 0. The number of rotatable bonds is 1. The van der Waals surface area contributed by atoms with Crippen molar-refractivity contribution in [3.05, 3.63) is 35.9 Å². The highest BCUT2D eigenvalue weighted by atomic mass is 16.6. The van der Waals surface area contributed by atoms with Gasteiger partial charge in [0.1, 0.15) is 0 Å². The Hall–Kier alpha value is -2.17. The van der Waals surface area contributed by atoms with Crippen LogP contribution in [0.5, 0.6) is 0 Å². The highest BCUT2D eigenvalue weighted by Gasteiger charge is 2.16. The number of primary amides is 1. The Kier molecular flexibility index (Phi) is 2.96. The van der Waals surface area contributed by atoms with Gasteiger partial charge in [-0.3, -0.25) is 4.79 Å². The molecule has 0 aliphatic heterocycles. The van der Waals surface area contributed by atoms with E-state index in [1.807, 2.05) is 0 Å². The second kappa shape index (κ2) is 4.18. The Labute approximate surface area is 79.5 Å². The van der Waals surface area contributed by atoms with Crippen molar-refractivity contribution in [3.8, 4) is 0 Å². The van der Waals surface area contributed by atoms with E-state index in [2.05, 4.69) is 10.5 Å². The minimum atomic E-state index is -1.36. The van der Waals surface area contributed by atoms with Crippen molar-refractivity contribution in [1.82, 2.24) is 0 Å². The molecule has 2 N–H and O–H groups in total. The van der Waals surface area contributed by atoms with Crippen molar-refractivity contribution >= 4 is 17.8 Å². The van der Waals surface area contributed by atoms with Crippen LogP contribution in [0.25, 0.3) is 0 Å². The normalized spacial score (nSPS) is 9.14. The first-order chi connectivity index (χ1) is 6.61. The monoisotopic (exact) mass is 193 g/mol. The predicted octanol–water partition coefficient (Wildman–Crippen LogP) is -0.145. The number of carbonyl (C=O) groups excluding carboxylic acids is 3. The first-order valence-electron chi connectivity index (χ1n) is 3.72. The van der Waals surface area contributed by atoms with Gasteiger partial charge in [0, 0.05) is 0 Å². The maximum absolute atomic E-state index is 11.1. The maximum atomic E-state index is 11.1. The van der Waals surface area contributed by atoms with Crippen LogP contribution in [0.3, 0.4) is 0 Å². The van der Waals surface area contributed by atoms with Crippen molar-refractivity contribution in [2.45, 2.75) is 0 Å². The third-order valence-corrected chi connectivity index (χ3v) is 1.40. The van der Waals surface area contributed by atoms with E-state index >= 15 is 0 Å². The largest absolute Gasteiger partial charge is 0.404 e. The SMILES string of the molecule is NC(=O)C(=O)OC(=O)c1ccccc1. The molecule has 5 nitrogen and oxygen atoms in total. The molecule has 14 heavy (non-hydrogen) atoms. The van der Waals surface area contributed by atoms with E-state index in [-0.39, 0.29) is 5.56 Å². The Balaban J connectivity index is 2.69. The van der Waals surface area contributed by atoms with Crippen LogP contribution in [0.1, 0.15) is 10.4 Å². The van der Waals surface area contributed by atoms with E-state index in [0.29, 0.717) is 0 Å². The minimum absolute atomic E-state index is 0.183. The molecule has 1 rings (SSSR count). The third-order valence-electron chi connectivity index (χ3n) is 1.40. The molecule has 5 heteroatoms. The molecule has 0 radical (unpaired) electrons. The van der Waals surface area contributed by atoms with Crippen LogP contribution in [0, 0.1) is 0 Å². The quantitative estimate of drug-likeness (QED) is 0.382. The second-order valence-corrected chi connectivity index (χ2v) is 2.41.